The van der Waals surface area contributed by atoms with Gasteiger partial charge in [0.25, 0.3) is 5.56 Å². The Morgan fingerprint density at radius 3 is 2.83 bits per heavy atom. The predicted octanol–water partition coefficient (Wildman–Crippen LogP) is 2.14. The fourth-order valence-corrected chi connectivity index (χ4v) is 2.79. The number of nitrogens with zero attached hydrogens (tertiary/aromatic N) is 1. The van der Waals surface area contributed by atoms with Crippen LogP contribution in [0.5, 0.6) is 0 Å². The van der Waals surface area contributed by atoms with E-state index in [2.05, 4.69) is 10.3 Å². The molecule has 2 aromatic heterocycles. The van der Waals surface area contributed by atoms with E-state index in [4.69, 9.17) is 9.68 Å². The number of hydrogen-bond donors (Lipinski definition) is 2. The Morgan fingerprint density at radius 1 is 1.46 bits per heavy atom. The van der Waals surface area contributed by atoms with Gasteiger partial charge < -0.3 is 14.7 Å². The number of pyridine rings is 1. The zero-order valence-corrected chi connectivity index (χ0v) is 14.1. The minimum atomic E-state index is -0.382. The van der Waals surface area contributed by atoms with Crippen LogP contribution in [0.25, 0.3) is 0 Å². The summed E-state index contributed by atoms with van der Waals surface area (Å²) in [6.45, 7) is 5.45. The minimum absolute atomic E-state index is 0.0314. The molecule has 2 heterocycles. The molecule has 0 aromatic carbocycles. The molecule has 6 nitrogen and oxygen atoms in total. The van der Waals surface area contributed by atoms with Crippen LogP contribution in [0.15, 0.2) is 27.6 Å². The summed E-state index contributed by atoms with van der Waals surface area (Å²) in [5.41, 5.74) is 1.93. The van der Waals surface area contributed by atoms with E-state index in [0.717, 1.165) is 11.3 Å². The van der Waals surface area contributed by atoms with Crippen molar-refractivity contribution in [3.63, 3.8) is 0 Å². The molecule has 2 N–H and O–H groups in total. The average molecular weight is 327 g/mol. The molecule has 0 saturated heterocycles. The number of aryl methyl sites for hydroxylation is 1. The van der Waals surface area contributed by atoms with Crippen LogP contribution in [0, 0.1) is 25.2 Å². The molecule has 0 radical (unpaired) electrons. The fourth-order valence-electron chi connectivity index (χ4n) is 2.79. The first-order valence-corrected chi connectivity index (χ1v) is 7.86. The van der Waals surface area contributed by atoms with E-state index in [9.17, 15) is 9.59 Å². The molecule has 0 bridgehead atoms. The molecule has 0 aliphatic carbocycles. The number of nitrogens with one attached hydrogen (secondary N) is 2. The van der Waals surface area contributed by atoms with Crippen molar-refractivity contribution >= 4 is 5.91 Å². The third-order valence-corrected chi connectivity index (χ3v) is 4.02. The van der Waals surface area contributed by atoms with Gasteiger partial charge in [0.05, 0.1) is 6.26 Å². The second-order valence-electron chi connectivity index (χ2n) is 5.92. The number of furan rings is 1. The van der Waals surface area contributed by atoms with Gasteiger partial charge >= 0.3 is 0 Å². The van der Waals surface area contributed by atoms with Crippen molar-refractivity contribution < 1.29 is 9.21 Å². The smallest absolute Gasteiger partial charge is 0.266 e. The highest BCUT2D eigenvalue weighted by Gasteiger charge is 2.14. The van der Waals surface area contributed by atoms with E-state index >= 15 is 0 Å². The second-order valence-corrected chi connectivity index (χ2v) is 5.92. The summed E-state index contributed by atoms with van der Waals surface area (Å²) in [5.74, 6) is 0.756. The van der Waals surface area contributed by atoms with Crippen LogP contribution >= 0.6 is 0 Å². The third-order valence-electron chi connectivity index (χ3n) is 4.02. The Hall–Kier alpha value is -2.81. The molecule has 1 amide bonds. The maximum Gasteiger partial charge on any atom is 0.266 e. The Kier molecular flexibility index (Phi) is 5.59. The van der Waals surface area contributed by atoms with Gasteiger partial charge in [-0.05, 0) is 50.5 Å². The van der Waals surface area contributed by atoms with Crippen molar-refractivity contribution in [1.82, 2.24) is 10.3 Å². The van der Waals surface area contributed by atoms with E-state index in [1.54, 1.807) is 20.1 Å². The Balaban J connectivity index is 1.97. The number of H-pyrrole nitrogens is 1. The lowest BCUT2D eigenvalue weighted by Gasteiger charge is -2.14. The van der Waals surface area contributed by atoms with Gasteiger partial charge in [-0.15, -0.1) is 0 Å². The van der Waals surface area contributed by atoms with Gasteiger partial charge in [-0.2, -0.15) is 5.26 Å². The number of carbonyl (C=O) groups excluding carboxylic acids is 1. The second kappa shape index (κ2) is 7.64. The molecule has 0 aliphatic heterocycles. The van der Waals surface area contributed by atoms with Crippen molar-refractivity contribution in [2.45, 2.75) is 46.1 Å². The molecule has 1 atom stereocenters. The van der Waals surface area contributed by atoms with Crippen LogP contribution < -0.4 is 10.9 Å². The number of amides is 1. The van der Waals surface area contributed by atoms with E-state index < -0.39 is 0 Å². The van der Waals surface area contributed by atoms with Gasteiger partial charge in [-0.3, -0.25) is 9.59 Å². The first kappa shape index (κ1) is 17.5. The van der Waals surface area contributed by atoms with Crippen molar-refractivity contribution in [1.29, 1.82) is 5.26 Å². The monoisotopic (exact) mass is 327 g/mol. The first-order chi connectivity index (χ1) is 11.4. The molecule has 0 fully saturated rings. The number of aromatic nitrogens is 1. The van der Waals surface area contributed by atoms with Gasteiger partial charge in [-0.25, -0.2) is 0 Å². The van der Waals surface area contributed by atoms with Crippen LogP contribution in [-0.4, -0.2) is 16.9 Å². The highest BCUT2D eigenvalue weighted by atomic mass is 16.3. The highest BCUT2D eigenvalue weighted by Crippen LogP contribution is 2.15. The van der Waals surface area contributed by atoms with Crippen LogP contribution in [0.3, 0.4) is 0 Å². The minimum Gasteiger partial charge on any atom is -0.469 e. The fraction of sp³-hybridized carbons (Fsp3) is 0.389. The molecule has 24 heavy (non-hydrogen) atoms. The van der Waals surface area contributed by atoms with E-state index in [1.165, 1.54) is 0 Å². The highest BCUT2D eigenvalue weighted by molar-refractivity contribution is 5.76. The molecule has 126 valence electrons. The normalized spacial score (nSPS) is 11.8. The molecule has 0 aliphatic rings. The van der Waals surface area contributed by atoms with Gasteiger partial charge in [0, 0.05) is 24.6 Å². The van der Waals surface area contributed by atoms with E-state index in [0.29, 0.717) is 30.5 Å². The first-order valence-electron chi connectivity index (χ1n) is 7.86. The SMILES string of the molecule is Cc1[nH]c(=O)c(C#N)c(C)c1CCC(=O)NC(C)Cc1ccco1. The number of nitriles is 1. The zero-order valence-electron chi connectivity index (χ0n) is 14.1. The molecular weight excluding hydrogens is 306 g/mol. The number of rotatable bonds is 6. The maximum atomic E-state index is 12.1. The van der Waals surface area contributed by atoms with Gasteiger partial charge in [-0.1, -0.05) is 0 Å². The Labute approximate surface area is 140 Å². The summed E-state index contributed by atoms with van der Waals surface area (Å²) in [4.78, 5) is 26.5. The average Bonchev–Trinajstić information content (AvgIpc) is 2.99. The van der Waals surface area contributed by atoms with Crippen LogP contribution in [0.2, 0.25) is 0 Å². The summed E-state index contributed by atoms with van der Waals surface area (Å²) >= 11 is 0. The molecule has 0 spiro atoms. The summed E-state index contributed by atoms with van der Waals surface area (Å²) < 4.78 is 5.27. The summed E-state index contributed by atoms with van der Waals surface area (Å²) in [6, 6.07) is 5.58. The summed E-state index contributed by atoms with van der Waals surface area (Å²) in [7, 11) is 0. The van der Waals surface area contributed by atoms with Gasteiger partial charge in [0.1, 0.15) is 17.4 Å². The molecule has 0 saturated carbocycles. The lowest BCUT2D eigenvalue weighted by atomic mass is 9.99. The van der Waals surface area contributed by atoms with Crippen molar-refractivity contribution in [2.24, 2.45) is 0 Å². The lowest BCUT2D eigenvalue weighted by molar-refractivity contribution is -0.121. The van der Waals surface area contributed by atoms with E-state index in [1.807, 2.05) is 25.1 Å². The molecule has 1 unspecified atom stereocenters. The quantitative estimate of drug-likeness (QED) is 0.849. The van der Waals surface area contributed by atoms with Crippen LogP contribution in [0.1, 0.15) is 41.5 Å². The number of carbonyl (C=O) groups is 1. The Bertz CT molecular complexity index is 813. The number of hydrogen-bond acceptors (Lipinski definition) is 4. The van der Waals surface area contributed by atoms with Crippen LogP contribution in [0.4, 0.5) is 0 Å². The Morgan fingerprint density at radius 2 is 2.21 bits per heavy atom. The standard InChI is InChI=1S/C18H21N3O3/c1-11(9-14-5-4-8-24-14)20-17(22)7-6-15-12(2)16(10-19)18(23)21-13(15)3/h4-5,8,11H,6-7,9H2,1-3H3,(H,20,22)(H,21,23). The summed E-state index contributed by atoms with van der Waals surface area (Å²) in [5, 5.41) is 12.0. The third kappa shape index (κ3) is 4.13. The predicted molar refractivity (Wildman–Crippen MR) is 89.6 cm³/mol. The van der Waals surface area contributed by atoms with E-state index in [-0.39, 0.29) is 23.1 Å². The zero-order chi connectivity index (χ0) is 17.7. The molecule has 2 aromatic rings. The van der Waals surface area contributed by atoms with Gasteiger partial charge in [0.2, 0.25) is 5.91 Å². The van der Waals surface area contributed by atoms with Crippen molar-refractivity contribution in [3.8, 4) is 6.07 Å². The molecular formula is C18H21N3O3. The van der Waals surface area contributed by atoms with Crippen molar-refractivity contribution in [3.05, 3.63) is 56.9 Å². The van der Waals surface area contributed by atoms with Crippen molar-refractivity contribution in [2.75, 3.05) is 0 Å². The lowest BCUT2D eigenvalue weighted by Crippen LogP contribution is -2.34. The topological polar surface area (TPSA) is 98.9 Å². The molecule has 2 rings (SSSR count). The largest absolute Gasteiger partial charge is 0.469 e. The molecule has 6 heteroatoms. The maximum absolute atomic E-state index is 12.1. The van der Waals surface area contributed by atoms with Crippen LogP contribution in [-0.2, 0) is 17.6 Å². The van der Waals surface area contributed by atoms with Gasteiger partial charge in [0.15, 0.2) is 0 Å². The summed E-state index contributed by atoms with van der Waals surface area (Å²) in [6.07, 6.45) is 3.01. The number of aromatic amines is 1.